The van der Waals surface area contributed by atoms with Crippen molar-refractivity contribution in [1.82, 2.24) is 0 Å². The number of para-hydroxylation sites is 2. The van der Waals surface area contributed by atoms with Gasteiger partial charge in [0.2, 0.25) is 0 Å². The number of fused-ring (bicyclic) bond motifs is 7. The summed E-state index contributed by atoms with van der Waals surface area (Å²) in [7, 11) is 0. The molecule has 0 N–H and O–H groups in total. The van der Waals surface area contributed by atoms with Crippen LogP contribution in [0.25, 0.3) is 88.0 Å². The first-order chi connectivity index (χ1) is 27.3. The molecular formula is C53H34O2. The van der Waals surface area contributed by atoms with E-state index in [1.807, 2.05) is 6.07 Å². The minimum Gasteiger partial charge on any atom is -0.456 e. The fourth-order valence-electron chi connectivity index (χ4n) is 8.56. The largest absolute Gasteiger partial charge is 0.456 e. The summed E-state index contributed by atoms with van der Waals surface area (Å²) in [5.74, 6) is -0.101. The summed E-state index contributed by atoms with van der Waals surface area (Å²) in [5.41, 5.74) is 14.1. The second-order valence-corrected chi connectivity index (χ2v) is 14.4. The van der Waals surface area contributed by atoms with E-state index >= 15 is 0 Å². The lowest BCUT2D eigenvalue weighted by Crippen LogP contribution is -2.04. The number of furan rings is 2. The van der Waals surface area contributed by atoms with Crippen LogP contribution in [0, 0.1) is 0 Å². The zero-order valence-corrected chi connectivity index (χ0v) is 29.9. The third-order valence-electron chi connectivity index (χ3n) is 11.2. The second kappa shape index (κ2) is 12.8. The molecule has 11 rings (SSSR count). The van der Waals surface area contributed by atoms with Crippen LogP contribution in [0.1, 0.15) is 22.6 Å². The van der Waals surface area contributed by atoms with Crippen molar-refractivity contribution in [2.45, 2.75) is 5.92 Å². The van der Waals surface area contributed by atoms with E-state index in [-0.39, 0.29) is 5.92 Å². The van der Waals surface area contributed by atoms with Gasteiger partial charge in [-0.05, 0) is 67.9 Å². The molecule has 258 valence electrons. The molecule has 2 heteroatoms. The molecule has 11 aromatic rings. The van der Waals surface area contributed by atoms with Crippen molar-refractivity contribution in [1.29, 1.82) is 0 Å². The van der Waals surface area contributed by atoms with E-state index in [9.17, 15) is 0 Å². The first kappa shape index (κ1) is 31.4. The number of rotatable bonds is 6. The predicted molar refractivity (Wildman–Crippen MR) is 229 cm³/mol. The molecule has 55 heavy (non-hydrogen) atoms. The smallest absolute Gasteiger partial charge is 0.143 e. The molecule has 0 saturated carbocycles. The van der Waals surface area contributed by atoms with Gasteiger partial charge in [-0.25, -0.2) is 0 Å². The van der Waals surface area contributed by atoms with Gasteiger partial charge in [0.05, 0.1) is 0 Å². The number of benzene rings is 9. The van der Waals surface area contributed by atoms with Gasteiger partial charge in [0.25, 0.3) is 0 Å². The fourth-order valence-corrected chi connectivity index (χ4v) is 8.56. The number of hydrogen-bond acceptors (Lipinski definition) is 2. The quantitative estimate of drug-likeness (QED) is 0.161. The fraction of sp³-hybridized carbons (Fsp3) is 0.0189. The molecule has 0 amide bonds. The van der Waals surface area contributed by atoms with Gasteiger partial charge in [0.15, 0.2) is 0 Å². The van der Waals surface area contributed by atoms with Crippen molar-refractivity contribution < 1.29 is 8.83 Å². The van der Waals surface area contributed by atoms with Crippen LogP contribution in [-0.2, 0) is 0 Å². The normalized spacial score (nSPS) is 12.3. The van der Waals surface area contributed by atoms with Gasteiger partial charge in [-0.1, -0.05) is 182 Å². The van der Waals surface area contributed by atoms with Gasteiger partial charge in [-0.3, -0.25) is 0 Å². The minimum atomic E-state index is -0.101. The standard InChI is InChI=1S/C53H34O2/c1-3-12-34(13-4-1)36-22-26-38(27-23-36)50(46-20-11-19-45-43-18-9-10-21-48(43)54-52(45)46)41-30-31-44-47-32-40-16-7-8-17-42(40)51(53(47)55-49(44)33-41)39-28-24-37(25-29-39)35-14-5-2-6-15-35/h1-33,50H. The van der Waals surface area contributed by atoms with Gasteiger partial charge >= 0.3 is 0 Å². The molecule has 0 spiro atoms. The molecule has 0 aliphatic heterocycles. The maximum atomic E-state index is 7.01. The molecule has 2 heterocycles. The topological polar surface area (TPSA) is 26.3 Å². The van der Waals surface area contributed by atoms with E-state index in [4.69, 9.17) is 8.83 Å². The lowest BCUT2D eigenvalue weighted by atomic mass is 9.83. The highest BCUT2D eigenvalue weighted by atomic mass is 16.3. The average Bonchev–Trinajstić information content (AvgIpc) is 3.82. The Labute approximate surface area is 318 Å². The van der Waals surface area contributed by atoms with Crippen LogP contribution in [0.5, 0.6) is 0 Å². The maximum absolute atomic E-state index is 7.01. The zero-order valence-electron chi connectivity index (χ0n) is 29.9. The van der Waals surface area contributed by atoms with Crippen molar-refractivity contribution >= 4 is 54.6 Å². The maximum Gasteiger partial charge on any atom is 0.143 e. The monoisotopic (exact) mass is 702 g/mol. The van der Waals surface area contributed by atoms with Crippen LogP contribution >= 0.6 is 0 Å². The van der Waals surface area contributed by atoms with Gasteiger partial charge in [-0.15, -0.1) is 0 Å². The van der Waals surface area contributed by atoms with Gasteiger partial charge in [0, 0.05) is 38.6 Å². The number of hydrogen-bond donors (Lipinski definition) is 0. The van der Waals surface area contributed by atoms with Crippen LogP contribution in [-0.4, -0.2) is 0 Å². The molecule has 1 unspecified atom stereocenters. The van der Waals surface area contributed by atoms with Gasteiger partial charge in [-0.2, -0.15) is 0 Å². The van der Waals surface area contributed by atoms with Crippen LogP contribution in [0.3, 0.4) is 0 Å². The van der Waals surface area contributed by atoms with Crippen molar-refractivity contribution in [2.24, 2.45) is 0 Å². The van der Waals surface area contributed by atoms with Gasteiger partial charge in [0.1, 0.15) is 22.3 Å². The molecule has 0 radical (unpaired) electrons. The summed E-state index contributed by atoms with van der Waals surface area (Å²) in [5, 5.41) is 6.84. The van der Waals surface area contributed by atoms with E-state index < -0.39 is 0 Å². The molecule has 0 aliphatic rings. The summed E-state index contributed by atoms with van der Waals surface area (Å²) in [6.07, 6.45) is 0. The highest BCUT2D eigenvalue weighted by Crippen LogP contribution is 2.45. The third kappa shape index (κ3) is 5.26. The van der Waals surface area contributed by atoms with E-state index in [1.54, 1.807) is 0 Å². The SMILES string of the molecule is c1ccc(-c2ccc(-c3c4ccccc4cc4c3oc3cc(C(c5ccc(-c6ccccc6)cc5)c5cccc6c5oc5ccccc56)ccc34)cc2)cc1. The van der Waals surface area contributed by atoms with Crippen molar-refractivity contribution in [3.05, 3.63) is 217 Å². The molecule has 1 atom stereocenters. The average molecular weight is 703 g/mol. The first-order valence-corrected chi connectivity index (χ1v) is 18.9. The Morgan fingerprint density at radius 2 is 0.855 bits per heavy atom. The van der Waals surface area contributed by atoms with Crippen molar-refractivity contribution in [3.8, 4) is 33.4 Å². The Kier molecular flexibility index (Phi) is 7.28. The Hall–Kier alpha value is -7.16. The Morgan fingerprint density at radius 1 is 0.309 bits per heavy atom. The molecule has 2 aromatic heterocycles. The van der Waals surface area contributed by atoms with E-state index in [2.05, 4.69) is 194 Å². The summed E-state index contributed by atoms with van der Waals surface area (Å²) in [6, 6.07) is 71.5. The first-order valence-electron chi connectivity index (χ1n) is 18.9. The zero-order chi connectivity index (χ0) is 36.3. The lowest BCUT2D eigenvalue weighted by Gasteiger charge is -2.20. The van der Waals surface area contributed by atoms with E-state index in [1.165, 1.54) is 38.6 Å². The highest BCUT2D eigenvalue weighted by Gasteiger charge is 2.24. The molecule has 0 fully saturated rings. The van der Waals surface area contributed by atoms with Crippen LogP contribution in [0.2, 0.25) is 0 Å². The summed E-state index contributed by atoms with van der Waals surface area (Å²) >= 11 is 0. The minimum absolute atomic E-state index is 0.101. The Bertz CT molecular complexity index is 3170. The molecule has 9 aromatic carbocycles. The van der Waals surface area contributed by atoms with Crippen molar-refractivity contribution in [3.63, 3.8) is 0 Å². The highest BCUT2D eigenvalue weighted by molar-refractivity contribution is 6.18. The van der Waals surface area contributed by atoms with Crippen LogP contribution < -0.4 is 0 Å². The summed E-state index contributed by atoms with van der Waals surface area (Å²) in [6.45, 7) is 0. The molecule has 0 bridgehead atoms. The third-order valence-corrected chi connectivity index (χ3v) is 11.2. The Balaban J connectivity index is 1.11. The van der Waals surface area contributed by atoms with E-state index in [0.717, 1.165) is 66.1 Å². The van der Waals surface area contributed by atoms with Crippen LogP contribution in [0.4, 0.5) is 0 Å². The lowest BCUT2D eigenvalue weighted by molar-refractivity contribution is 0.660. The molecular weight excluding hydrogens is 669 g/mol. The molecule has 2 nitrogen and oxygen atoms in total. The van der Waals surface area contributed by atoms with Crippen LogP contribution in [0.15, 0.2) is 209 Å². The van der Waals surface area contributed by atoms with E-state index in [0.29, 0.717) is 0 Å². The summed E-state index contributed by atoms with van der Waals surface area (Å²) in [4.78, 5) is 0. The Morgan fingerprint density at radius 3 is 1.60 bits per heavy atom. The summed E-state index contributed by atoms with van der Waals surface area (Å²) < 4.78 is 13.7. The second-order valence-electron chi connectivity index (χ2n) is 14.4. The molecule has 0 aliphatic carbocycles. The van der Waals surface area contributed by atoms with Gasteiger partial charge < -0.3 is 8.83 Å². The predicted octanol–water partition coefficient (Wildman–Crippen LogP) is 14.8. The molecule has 0 saturated heterocycles. The van der Waals surface area contributed by atoms with Crippen molar-refractivity contribution in [2.75, 3.05) is 0 Å².